The van der Waals surface area contributed by atoms with E-state index in [0.29, 0.717) is 43.1 Å². The molecule has 29 heavy (non-hydrogen) atoms. The van der Waals surface area contributed by atoms with Gasteiger partial charge in [0, 0.05) is 30.3 Å². The van der Waals surface area contributed by atoms with Crippen LogP contribution in [0.25, 0.3) is 0 Å². The maximum atomic E-state index is 12.3. The third-order valence-electron chi connectivity index (χ3n) is 4.77. The molecule has 0 unspecified atom stereocenters. The number of nitrogens with zero attached hydrogens (tertiary/aromatic N) is 1. The molecular formula is C21H30N2O6. The minimum atomic E-state index is -0.439. The summed E-state index contributed by atoms with van der Waals surface area (Å²) in [5, 5.41) is 2.66. The number of benzene rings is 1. The first-order valence-electron chi connectivity index (χ1n) is 9.63. The highest BCUT2D eigenvalue weighted by molar-refractivity contribution is 5.93. The molecule has 1 aromatic carbocycles. The zero-order valence-corrected chi connectivity index (χ0v) is 17.7. The van der Waals surface area contributed by atoms with E-state index in [4.69, 9.17) is 14.2 Å². The van der Waals surface area contributed by atoms with Crippen molar-refractivity contribution in [3.05, 3.63) is 18.2 Å². The van der Waals surface area contributed by atoms with E-state index in [0.717, 1.165) is 0 Å². The van der Waals surface area contributed by atoms with Crippen LogP contribution in [0.15, 0.2) is 18.2 Å². The van der Waals surface area contributed by atoms with Crippen molar-refractivity contribution in [2.24, 2.45) is 11.3 Å². The number of nitrogens with one attached hydrogen (secondary N) is 1. The van der Waals surface area contributed by atoms with Crippen LogP contribution in [0.2, 0.25) is 0 Å². The number of hydrogen-bond donors (Lipinski definition) is 1. The zero-order chi connectivity index (χ0) is 21.6. The maximum absolute atomic E-state index is 12.3. The van der Waals surface area contributed by atoms with Gasteiger partial charge in [0.15, 0.2) is 18.1 Å². The van der Waals surface area contributed by atoms with Crippen LogP contribution in [0.1, 0.15) is 33.6 Å². The van der Waals surface area contributed by atoms with Crippen LogP contribution >= 0.6 is 0 Å². The van der Waals surface area contributed by atoms with Gasteiger partial charge in [0.25, 0.3) is 5.91 Å². The van der Waals surface area contributed by atoms with Gasteiger partial charge < -0.3 is 24.4 Å². The second-order valence-corrected chi connectivity index (χ2v) is 8.04. The summed E-state index contributed by atoms with van der Waals surface area (Å²) in [7, 11) is 3.03. The van der Waals surface area contributed by atoms with Gasteiger partial charge in [-0.2, -0.15) is 0 Å². The molecule has 0 atom stereocenters. The minimum Gasteiger partial charge on any atom is -0.493 e. The van der Waals surface area contributed by atoms with Gasteiger partial charge in [-0.05, 0) is 25.0 Å². The van der Waals surface area contributed by atoms with Crippen molar-refractivity contribution >= 4 is 23.5 Å². The lowest BCUT2D eigenvalue weighted by atomic mass is 9.91. The highest BCUT2D eigenvalue weighted by Gasteiger charge is 2.33. The fourth-order valence-corrected chi connectivity index (χ4v) is 3.16. The van der Waals surface area contributed by atoms with Crippen molar-refractivity contribution < 1.29 is 28.6 Å². The Morgan fingerprint density at radius 1 is 1.07 bits per heavy atom. The molecule has 1 aliphatic rings. The molecule has 2 amide bonds. The number of methoxy groups -OCH3 is 2. The van der Waals surface area contributed by atoms with Crippen molar-refractivity contribution in [1.29, 1.82) is 0 Å². The molecule has 0 saturated carbocycles. The van der Waals surface area contributed by atoms with Crippen LogP contribution in [-0.2, 0) is 19.1 Å². The monoisotopic (exact) mass is 406 g/mol. The highest BCUT2D eigenvalue weighted by Crippen LogP contribution is 2.29. The summed E-state index contributed by atoms with van der Waals surface area (Å²) < 4.78 is 15.5. The van der Waals surface area contributed by atoms with E-state index in [9.17, 15) is 14.4 Å². The molecule has 2 rings (SSSR count). The van der Waals surface area contributed by atoms with Crippen LogP contribution in [0.5, 0.6) is 11.5 Å². The lowest BCUT2D eigenvalue weighted by Crippen LogP contribution is -2.45. The van der Waals surface area contributed by atoms with Crippen LogP contribution in [-0.4, -0.2) is 56.6 Å². The summed E-state index contributed by atoms with van der Waals surface area (Å²) in [5.41, 5.74) is 0.0768. The predicted octanol–water partition coefficient (Wildman–Crippen LogP) is 2.47. The Bertz CT molecular complexity index is 748. The summed E-state index contributed by atoms with van der Waals surface area (Å²) in [4.78, 5) is 38.5. The molecule has 8 nitrogen and oxygen atoms in total. The van der Waals surface area contributed by atoms with Gasteiger partial charge in [0.2, 0.25) is 5.91 Å². The Kier molecular flexibility index (Phi) is 7.47. The molecule has 0 aliphatic carbocycles. The van der Waals surface area contributed by atoms with Gasteiger partial charge >= 0.3 is 5.97 Å². The number of carbonyl (C=O) groups is 3. The Labute approximate surface area is 171 Å². The van der Waals surface area contributed by atoms with E-state index in [1.54, 1.807) is 23.1 Å². The fraction of sp³-hybridized carbons (Fsp3) is 0.571. The van der Waals surface area contributed by atoms with Crippen LogP contribution in [0, 0.1) is 11.3 Å². The molecule has 1 aromatic rings. The normalized spacial score (nSPS) is 14.9. The number of hydrogen-bond acceptors (Lipinski definition) is 6. The van der Waals surface area contributed by atoms with Gasteiger partial charge in [0.1, 0.15) is 0 Å². The first kappa shape index (κ1) is 22.5. The van der Waals surface area contributed by atoms with Gasteiger partial charge in [-0.3, -0.25) is 14.4 Å². The second-order valence-electron chi connectivity index (χ2n) is 8.04. The van der Waals surface area contributed by atoms with E-state index >= 15 is 0 Å². The van der Waals surface area contributed by atoms with E-state index < -0.39 is 17.3 Å². The van der Waals surface area contributed by atoms with Crippen molar-refractivity contribution in [1.82, 2.24) is 4.90 Å². The molecule has 8 heteroatoms. The number of esters is 1. The summed E-state index contributed by atoms with van der Waals surface area (Å²) in [6, 6.07) is 4.97. The largest absolute Gasteiger partial charge is 0.493 e. The zero-order valence-electron chi connectivity index (χ0n) is 17.7. The summed E-state index contributed by atoms with van der Waals surface area (Å²) in [6.45, 7) is 6.32. The van der Waals surface area contributed by atoms with Crippen molar-refractivity contribution in [2.45, 2.75) is 33.6 Å². The quantitative estimate of drug-likeness (QED) is 0.730. The molecule has 1 heterocycles. The Balaban J connectivity index is 1.79. The van der Waals surface area contributed by atoms with Crippen LogP contribution < -0.4 is 14.8 Å². The van der Waals surface area contributed by atoms with Crippen LogP contribution in [0.4, 0.5) is 5.69 Å². The van der Waals surface area contributed by atoms with Gasteiger partial charge in [-0.25, -0.2) is 0 Å². The molecule has 1 saturated heterocycles. The molecule has 0 bridgehead atoms. The smallest absolute Gasteiger partial charge is 0.309 e. The summed E-state index contributed by atoms with van der Waals surface area (Å²) in [6.07, 6.45) is 1.08. The highest BCUT2D eigenvalue weighted by atomic mass is 16.5. The van der Waals surface area contributed by atoms with E-state index in [1.807, 2.05) is 20.8 Å². The third-order valence-corrected chi connectivity index (χ3v) is 4.77. The molecule has 0 spiro atoms. The Morgan fingerprint density at radius 2 is 1.69 bits per heavy atom. The summed E-state index contributed by atoms with van der Waals surface area (Å²) >= 11 is 0. The predicted molar refractivity (Wildman–Crippen MR) is 108 cm³/mol. The first-order valence-corrected chi connectivity index (χ1v) is 9.63. The Hall–Kier alpha value is -2.77. The van der Waals surface area contributed by atoms with Crippen LogP contribution in [0.3, 0.4) is 0 Å². The topological polar surface area (TPSA) is 94.2 Å². The van der Waals surface area contributed by atoms with Gasteiger partial charge in [-0.1, -0.05) is 20.8 Å². The number of amides is 2. The minimum absolute atomic E-state index is 0.0821. The van der Waals surface area contributed by atoms with E-state index in [2.05, 4.69) is 5.32 Å². The molecule has 1 aliphatic heterocycles. The van der Waals surface area contributed by atoms with Crippen molar-refractivity contribution in [2.75, 3.05) is 39.2 Å². The molecule has 0 aromatic heterocycles. The standard InChI is InChI=1S/C21H30N2O6/c1-21(2,3)20(26)23-10-8-14(9-11-23)19(25)29-13-18(24)22-15-6-7-16(27-4)17(12-15)28-5/h6-7,12,14H,8-11,13H2,1-5H3,(H,22,24). The lowest BCUT2D eigenvalue weighted by molar-refractivity contribution is -0.155. The number of rotatable bonds is 6. The van der Waals surface area contributed by atoms with Crippen molar-refractivity contribution in [3.63, 3.8) is 0 Å². The molecular weight excluding hydrogens is 376 g/mol. The third kappa shape index (κ3) is 6.10. The van der Waals surface area contributed by atoms with E-state index in [1.165, 1.54) is 14.2 Å². The number of likely N-dealkylation sites (tertiary alicyclic amines) is 1. The maximum Gasteiger partial charge on any atom is 0.309 e. The Morgan fingerprint density at radius 3 is 2.24 bits per heavy atom. The number of ether oxygens (including phenoxy) is 3. The molecule has 1 N–H and O–H groups in total. The number of carbonyl (C=O) groups excluding carboxylic acids is 3. The lowest BCUT2D eigenvalue weighted by Gasteiger charge is -2.34. The fourth-order valence-electron chi connectivity index (χ4n) is 3.16. The summed E-state index contributed by atoms with van der Waals surface area (Å²) in [5.74, 6) is -0.0279. The molecule has 1 fully saturated rings. The average molecular weight is 406 g/mol. The van der Waals surface area contributed by atoms with Gasteiger partial charge in [0.05, 0.1) is 20.1 Å². The average Bonchev–Trinajstić information content (AvgIpc) is 2.70. The second kappa shape index (κ2) is 9.62. The number of piperidine rings is 1. The van der Waals surface area contributed by atoms with Gasteiger partial charge in [-0.15, -0.1) is 0 Å². The van der Waals surface area contributed by atoms with Crippen molar-refractivity contribution in [3.8, 4) is 11.5 Å². The molecule has 160 valence electrons. The van der Waals surface area contributed by atoms with E-state index in [-0.39, 0.29) is 18.4 Å². The molecule has 0 radical (unpaired) electrons. The SMILES string of the molecule is COc1ccc(NC(=O)COC(=O)C2CCN(C(=O)C(C)(C)C)CC2)cc1OC. The number of anilines is 1. The first-order chi connectivity index (χ1) is 13.7.